The van der Waals surface area contributed by atoms with Gasteiger partial charge in [0.1, 0.15) is 28.6 Å². The van der Waals surface area contributed by atoms with Crippen LogP contribution in [0.25, 0.3) is 56.0 Å². The van der Waals surface area contributed by atoms with Crippen LogP contribution in [0.2, 0.25) is 0 Å². The van der Waals surface area contributed by atoms with Crippen molar-refractivity contribution in [2.45, 2.75) is 6.92 Å². The van der Waals surface area contributed by atoms with Gasteiger partial charge in [-0.3, -0.25) is 10.1 Å². The van der Waals surface area contributed by atoms with E-state index >= 15 is 0 Å². The third-order valence-electron chi connectivity index (χ3n) is 6.08. The van der Waals surface area contributed by atoms with E-state index in [0.29, 0.717) is 34.0 Å². The minimum absolute atomic E-state index is 0.403. The van der Waals surface area contributed by atoms with E-state index in [4.69, 9.17) is 9.72 Å². The molecule has 4 heterocycles. The Morgan fingerprint density at radius 2 is 1.85 bits per heavy atom. The molecule has 8 nitrogen and oxygen atoms in total. The smallest absolute Gasteiger partial charge is 0.159 e. The van der Waals surface area contributed by atoms with Crippen molar-refractivity contribution in [2.75, 3.05) is 7.11 Å². The number of nitrogens with one attached hydrogen (secondary N) is 2. The lowest BCUT2D eigenvalue weighted by Gasteiger charge is -2.05. The summed E-state index contributed by atoms with van der Waals surface area (Å²) in [4.78, 5) is 17.0. The summed E-state index contributed by atoms with van der Waals surface area (Å²) in [6.45, 7) is 1.97. The van der Waals surface area contributed by atoms with Gasteiger partial charge in [0.2, 0.25) is 0 Å². The van der Waals surface area contributed by atoms with Gasteiger partial charge in [0.05, 0.1) is 35.7 Å². The zero-order chi connectivity index (χ0) is 23.4. The van der Waals surface area contributed by atoms with Gasteiger partial charge in [-0.1, -0.05) is 6.07 Å². The number of nitrogens with zero attached hydrogens (tertiary/aromatic N) is 5. The van der Waals surface area contributed by atoms with E-state index in [2.05, 4.69) is 31.2 Å². The second-order valence-corrected chi connectivity index (χ2v) is 8.10. The number of methoxy groups -OCH3 is 1. The summed E-state index contributed by atoms with van der Waals surface area (Å²) in [5.74, 6) is 1.55. The first kappa shape index (κ1) is 20.1. The van der Waals surface area contributed by atoms with Crippen LogP contribution >= 0.6 is 0 Å². The molecule has 0 radical (unpaired) electrons. The summed E-state index contributed by atoms with van der Waals surface area (Å²) >= 11 is 0. The van der Waals surface area contributed by atoms with Gasteiger partial charge in [-0.2, -0.15) is 5.10 Å². The Labute approximate surface area is 193 Å². The molecule has 168 valence electrons. The lowest BCUT2D eigenvalue weighted by Crippen LogP contribution is -1.94. The fraction of sp³-hybridized carbons (Fsp3) is 0.120. The van der Waals surface area contributed by atoms with E-state index in [1.54, 1.807) is 12.3 Å². The SMILES string of the molecule is COc1cc(F)cc(-c2nccc3[nH]c(-c4n[nH]c5ccc(-c6cnc(C)n6C)cc45)nc23)c1. The number of imidazole rings is 2. The number of fused-ring (bicyclic) bond motifs is 2. The minimum atomic E-state index is -0.403. The third-order valence-corrected chi connectivity index (χ3v) is 6.08. The molecule has 0 saturated heterocycles. The van der Waals surface area contributed by atoms with Gasteiger partial charge >= 0.3 is 0 Å². The van der Waals surface area contributed by atoms with E-state index in [0.717, 1.165) is 33.5 Å². The Bertz CT molecular complexity index is 1690. The first-order valence-corrected chi connectivity index (χ1v) is 10.7. The van der Waals surface area contributed by atoms with Crippen LogP contribution in [0.5, 0.6) is 5.75 Å². The molecule has 0 aliphatic heterocycles. The van der Waals surface area contributed by atoms with Gasteiger partial charge < -0.3 is 14.3 Å². The predicted molar refractivity (Wildman–Crippen MR) is 128 cm³/mol. The van der Waals surface area contributed by atoms with Crippen molar-refractivity contribution < 1.29 is 9.13 Å². The molecule has 0 spiro atoms. The standard InChI is InChI=1S/C25H20FN7O/c1-13-28-12-21(33(13)2)14-4-5-19-18(10-14)23(32-31-19)25-29-20-6-7-27-22(24(20)30-25)15-8-16(26)11-17(9-15)34-3/h4-12H,1-3H3,(H,29,30)(H,31,32). The molecule has 0 fully saturated rings. The molecule has 2 aromatic carbocycles. The van der Waals surface area contributed by atoms with Crippen molar-refractivity contribution >= 4 is 21.9 Å². The van der Waals surface area contributed by atoms with Crippen LogP contribution in [0, 0.1) is 12.7 Å². The topological polar surface area (TPSA) is 97.3 Å². The fourth-order valence-electron chi connectivity index (χ4n) is 4.20. The lowest BCUT2D eigenvalue weighted by molar-refractivity contribution is 0.411. The molecule has 0 atom stereocenters. The van der Waals surface area contributed by atoms with Crippen molar-refractivity contribution in [3.05, 3.63) is 66.5 Å². The summed E-state index contributed by atoms with van der Waals surface area (Å²) in [7, 11) is 3.50. The quantitative estimate of drug-likeness (QED) is 0.390. The number of halogens is 1. The molecule has 6 aromatic rings. The molecule has 0 bridgehead atoms. The average molecular weight is 453 g/mol. The maximum absolute atomic E-state index is 14.2. The van der Waals surface area contributed by atoms with Crippen molar-refractivity contribution in [3.63, 3.8) is 0 Å². The molecular weight excluding hydrogens is 433 g/mol. The van der Waals surface area contributed by atoms with Crippen LogP contribution in [0.1, 0.15) is 5.82 Å². The van der Waals surface area contributed by atoms with E-state index in [9.17, 15) is 4.39 Å². The highest BCUT2D eigenvalue weighted by atomic mass is 19.1. The zero-order valence-electron chi connectivity index (χ0n) is 18.7. The minimum Gasteiger partial charge on any atom is -0.497 e. The first-order chi connectivity index (χ1) is 16.5. The van der Waals surface area contributed by atoms with Crippen molar-refractivity contribution in [3.8, 4) is 39.8 Å². The molecule has 34 heavy (non-hydrogen) atoms. The van der Waals surface area contributed by atoms with Crippen LogP contribution in [0.3, 0.4) is 0 Å². The fourth-order valence-corrected chi connectivity index (χ4v) is 4.20. The Morgan fingerprint density at radius 3 is 2.65 bits per heavy atom. The number of H-pyrrole nitrogens is 2. The van der Waals surface area contributed by atoms with Crippen molar-refractivity contribution in [1.29, 1.82) is 0 Å². The van der Waals surface area contributed by atoms with Crippen LogP contribution in [-0.4, -0.2) is 41.8 Å². The second-order valence-electron chi connectivity index (χ2n) is 8.10. The van der Waals surface area contributed by atoms with Gasteiger partial charge in [-0.05, 0) is 37.3 Å². The van der Waals surface area contributed by atoms with Gasteiger partial charge in [0.15, 0.2) is 5.82 Å². The molecule has 4 aromatic heterocycles. The average Bonchev–Trinajstić information content (AvgIpc) is 3.54. The Morgan fingerprint density at radius 1 is 0.971 bits per heavy atom. The zero-order valence-corrected chi connectivity index (χ0v) is 18.7. The molecule has 2 N–H and O–H groups in total. The molecule has 6 rings (SSSR count). The number of aromatic nitrogens is 7. The maximum Gasteiger partial charge on any atom is 0.159 e. The summed E-state index contributed by atoms with van der Waals surface area (Å²) in [6, 6.07) is 12.4. The van der Waals surface area contributed by atoms with Crippen LogP contribution in [-0.2, 0) is 7.05 Å². The number of pyridine rings is 1. The number of aromatic amines is 2. The molecule has 0 aliphatic carbocycles. The number of benzene rings is 2. The normalized spacial score (nSPS) is 11.5. The summed E-state index contributed by atoms with van der Waals surface area (Å²) in [6.07, 6.45) is 3.53. The number of aryl methyl sites for hydroxylation is 1. The first-order valence-electron chi connectivity index (χ1n) is 10.7. The number of hydrogen-bond acceptors (Lipinski definition) is 5. The number of ether oxygens (including phenoxy) is 1. The van der Waals surface area contributed by atoms with Gasteiger partial charge in [0.25, 0.3) is 0 Å². The summed E-state index contributed by atoms with van der Waals surface area (Å²) in [5, 5.41) is 8.54. The molecule has 0 unspecified atom stereocenters. The largest absolute Gasteiger partial charge is 0.497 e. The van der Waals surface area contributed by atoms with Gasteiger partial charge in [-0.15, -0.1) is 0 Å². The van der Waals surface area contributed by atoms with Crippen LogP contribution in [0.15, 0.2) is 54.9 Å². The predicted octanol–water partition coefficient (Wildman–Crippen LogP) is 5.02. The Hall–Kier alpha value is -4.53. The van der Waals surface area contributed by atoms with E-state index in [1.165, 1.54) is 19.2 Å². The Kier molecular flexibility index (Phi) is 4.44. The Balaban J connectivity index is 1.50. The molecule has 0 saturated carbocycles. The van der Waals surface area contributed by atoms with E-state index in [-0.39, 0.29) is 0 Å². The van der Waals surface area contributed by atoms with E-state index in [1.807, 2.05) is 42.9 Å². The van der Waals surface area contributed by atoms with Crippen LogP contribution in [0.4, 0.5) is 4.39 Å². The van der Waals surface area contributed by atoms with Gasteiger partial charge in [0, 0.05) is 35.8 Å². The number of hydrogen-bond donors (Lipinski definition) is 2. The van der Waals surface area contributed by atoms with Crippen LogP contribution < -0.4 is 4.74 Å². The maximum atomic E-state index is 14.2. The molecule has 0 amide bonds. The van der Waals surface area contributed by atoms with Crippen molar-refractivity contribution in [2.24, 2.45) is 7.05 Å². The molecule has 0 aliphatic rings. The highest BCUT2D eigenvalue weighted by Gasteiger charge is 2.17. The van der Waals surface area contributed by atoms with E-state index < -0.39 is 5.82 Å². The second kappa shape index (κ2) is 7.51. The summed E-state index contributed by atoms with van der Waals surface area (Å²) in [5.41, 5.74) is 6.18. The molecular formula is C25H20FN7O. The lowest BCUT2D eigenvalue weighted by atomic mass is 10.1. The number of rotatable bonds is 4. The highest BCUT2D eigenvalue weighted by molar-refractivity contribution is 5.97. The summed E-state index contributed by atoms with van der Waals surface area (Å²) < 4.78 is 21.4. The van der Waals surface area contributed by atoms with Gasteiger partial charge in [-0.25, -0.2) is 14.4 Å². The highest BCUT2D eigenvalue weighted by Crippen LogP contribution is 2.33. The molecule has 9 heteroatoms. The third kappa shape index (κ3) is 3.13. The van der Waals surface area contributed by atoms with Crippen molar-refractivity contribution in [1.82, 2.24) is 34.7 Å². The monoisotopic (exact) mass is 453 g/mol.